The highest BCUT2D eigenvalue weighted by Crippen LogP contribution is 2.29. The number of methoxy groups -OCH3 is 1. The van der Waals surface area contributed by atoms with Crippen molar-refractivity contribution >= 4 is 15.7 Å². The number of nitrogens with one attached hydrogen (secondary N) is 1. The first-order valence-electron chi connectivity index (χ1n) is 5.94. The molecule has 1 aromatic rings. The van der Waals surface area contributed by atoms with Crippen LogP contribution in [0.15, 0.2) is 23.1 Å². The van der Waals surface area contributed by atoms with Crippen LogP contribution in [-0.2, 0) is 10.0 Å². The molecule has 9 heteroatoms. The number of nitro benzene ring substituents is 1. The van der Waals surface area contributed by atoms with Gasteiger partial charge in [-0.2, -0.15) is 0 Å². The van der Waals surface area contributed by atoms with Crippen molar-refractivity contribution in [3.05, 3.63) is 28.3 Å². The lowest BCUT2D eigenvalue weighted by molar-refractivity contribution is -0.385. The summed E-state index contributed by atoms with van der Waals surface area (Å²) in [6, 6.07) is 3.19. The highest BCUT2D eigenvalue weighted by molar-refractivity contribution is 7.89. The highest BCUT2D eigenvalue weighted by atomic mass is 32.2. The Morgan fingerprint density at radius 2 is 2.10 bits per heavy atom. The van der Waals surface area contributed by atoms with Crippen molar-refractivity contribution in [3.63, 3.8) is 0 Å². The second-order valence-corrected chi connectivity index (χ2v) is 6.32. The van der Waals surface area contributed by atoms with E-state index in [0.29, 0.717) is 12.8 Å². The number of hydrogen-bond donors (Lipinski definition) is 2. The second-order valence-electron chi connectivity index (χ2n) is 4.64. The lowest BCUT2D eigenvalue weighted by Gasteiger charge is -2.32. The minimum absolute atomic E-state index is 0.0152. The van der Waals surface area contributed by atoms with Gasteiger partial charge in [-0.3, -0.25) is 10.1 Å². The molecule has 1 fully saturated rings. The van der Waals surface area contributed by atoms with Gasteiger partial charge in [-0.05, 0) is 18.9 Å². The number of sulfonamides is 1. The molecule has 1 aliphatic carbocycles. The van der Waals surface area contributed by atoms with Gasteiger partial charge in [-0.15, -0.1) is 0 Å². The lowest BCUT2D eigenvalue weighted by Crippen LogP contribution is -2.50. The smallest absolute Gasteiger partial charge is 0.273 e. The van der Waals surface area contributed by atoms with Crippen LogP contribution in [0.4, 0.5) is 5.69 Å². The first kappa shape index (κ1) is 14.7. The third-order valence-corrected chi connectivity index (χ3v) is 4.70. The Bertz CT molecular complexity index is 625. The van der Waals surface area contributed by atoms with Gasteiger partial charge in [0, 0.05) is 18.2 Å². The summed E-state index contributed by atoms with van der Waals surface area (Å²) in [5.41, 5.74) is 5.37. The van der Waals surface area contributed by atoms with Gasteiger partial charge < -0.3 is 10.5 Å². The number of non-ortho nitro benzene ring substituents is 1. The largest absolute Gasteiger partial charge is 0.495 e. The first-order valence-corrected chi connectivity index (χ1v) is 7.42. The van der Waals surface area contributed by atoms with Crippen LogP contribution >= 0.6 is 0 Å². The zero-order chi connectivity index (χ0) is 14.9. The van der Waals surface area contributed by atoms with Crippen LogP contribution in [0.1, 0.15) is 12.8 Å². The fourth-order valence-corrected chi connectivity index (χ4v) is 3.45. The van der Waals surface area contributed by atoms with Crippen molar-refractivity contribution in [3.8, 4) is 5.75 Å². The van der Waals surface area contributed by atoms with E-state index in [9.17, 15) is 18.5 Å². The minimum atomic E-state index is -3.78. The molecule has 0 radical (unpaired) electrons. The Morgan fingerprint density at radius 1 is 1.45 bits per heavy atom. The standard InChI is InChI=1S/C11H15N3O5S/c1-19-10-6-9(14(15)16)2-3-11(10)20(17,18)13-8-4-7(12)5-8/h2-3,6-8,13H,4-5,12H2,1H3. The number of nitrogens with two attached hydrogens (primary N) is 1. The highest BCUT2D eigenvalue weighted by Gasteiger charge is 2.32. The molecule has 0 spiro atoms. The third-order valence-electron chi connectivity index (χ3n) is 3.14. The van der Waals surface area contributed by atoms with Gasteiger partial charge >= 0.3 is 0 Å². The van der Waals surface area contributed by atoms with E-state index in [1.54, 1.807) is 0 Å². The summed E-state index contributed by atoms with van der Waals surface area (Å²) < 4.78 is 31.8. The van der Waals surface area contributed by atoms with E-state index in [1.165, 1.54) is 7.11 Å². The van der Waals surface area contributed by atoms with Crippen LogP contribution in [-0.4, -0.2) is 32.5 Å². The van der Waals surface area contributed by atoms with Gasteiger partial charge in [0.15, 0.2) is 0 Å². The summed E-state index contributed by atoms with van der Waals surface area (Å²) in [6.07, 6.45) is 1.16. The molecule has 1 saturated carbocycles. The quantitative estimate of drug-likeness (QED) is 0.598. The van der Waals surface area contributed by atoms with Gasteiger partial charge in [0.1, 0.15) is 10.6 Å². The first-order chi connectivity index (χ1) is 9.33. The van der Waals surface area contributed by atoms with Crippen molar-refractivity contribution in [2.75, 3.05) is 7.11 Å². The van der Waals surface area contributed by atoms with Crippen LogP contribution in [0, 0.1) is 10.1 Å². The summed E-state index contributed by atoms with van der Waals surface area (Å²) in [6.45, 7) is 0. The average molecular weight is 301 g/mol. The fraction of sp³-hybridized carbons (Fsp3) is 0.455. The van der Waals surface area contributed by atoms with Gasteiger partial charge in [0.2, 0.25) is 10.0 Å². The maximum absolute atomic E-state index is 12.2. The molecule has 0 aromatic heterocycles. The summed E-state index contributed by atoms with van der Waals surface area (Å²) in [5, 5.41) is 10.7. The normalized spacial score (nSPS) is 22.1. The third kappa shape index (κ3) is 2.89. The topological polar surface area (TPSA) is 125 Å². The Hall–Kier alpha value is -1.71. The predicted molar refractivity (Wildman–Crippen MR) is 71.0 cm³/mol. The number of benzene rings is 1. The summed E-state index contributed by atoms with van der Waals surface area (Å²) in [5.74, 6) is -0.0599. The van der Waals surface area contributed by atoms with Crippen molar-refractivity contribution in [2.24, 2.45) is 5.73 Å². The van der Waals surface area contributed by atoms with Gasteiger partial charge in [-0.25, -0.2) is 13.1 Å². The zero-order valence-corrected chi connectivity index (χ0v) is 11.6. The molecule has 0 saturated heterocycles. The van der Waals surface area contributed by atoms with E-state index in [-0.39, 0.29) is 28.4 Å². The molecule has 110 valence electrons. The van der Waals surface area contributed by atoms with Crippen LogP contribution < -0.4 is 15.2 Å². The lowest BCUT2D eigenvalue weighted by atomic mass is 9.89. The fourth-order valence-electron chi connectivity index (χ4n) is 2.03. The van der Waals surface area contributed by atoms with E-state index in [4.69, 9.17) is 10.5 Å². The van der Waals surface area contributed by atoms with Crippen LogP contribution in [0.3, 0.4) is 0 Å². The van der Waals surface area contributed by atoms with E-state index in [1.807, 2.05) is 0 Å². The number of rotatable bonds is 5. The Kier molecular flexibility index (Phi) is 3.93. The summed E-state index contributed by atoms with van der Waals surface area (Å²) in [7, 11) is -2.52. The van der Waals surface area contributed by atoms with Gasteiger partial charge in [0.25, 0.3) is 5.69 Å². The maximum atomic E-state index is 12.2. The maximum Gasteiger partial charge on any atom is 0.273 e. The van der Waals surface area contributed by atoms with E-state index < -0.39 is 14.9 Å². The molecule has 20 heavy (non-hydrogen) atoms. The molecular weight excluding hydrogens is 286 g/mol. The van der Waals surface area contributed by atoms with Crippen LogP contribution in [0.2, 0.25) is 0 Å². The summed E-state index contributed by atoms with van der Waals surface area (Å²) in [4.78, 5) is 9.94. The molecular formula is C11H15N3O5S. The second kappa shape index (κ2) is 5.35. The number of nitrogens with zero attached hydrogens (tertiary/aromatic N) is 1. The average Bonchev–Trinajstić information content (AvgIpc) is 2.35. The SMILES string of the molecule is COc1cc([N+](=O)[O-])ccc1S(=O)(=O)NC1CC(N)C1. The number of ether oxygens (including phenoxy) is 1. The molecule has 1 aliphatic rings. The van der Waals surface area contributed by atoms with Gasteiger partial charge in [-0.1, -0.05) is 0 Å². The number of nitro groups is 1. The molecule has 1 aromatic carbocycles. The molecule has 0 atom stereocenters. The minimum Gasteiger partial charge on any atom is -0.495 e. The predicted octanol–water partition coefficient (Wildman–Crippen LogP) is 0.371. The van der Waals surface area contributed by atoms with Crippen molar-refractivity contribution in [1.82, 2.24) is 4.72 Å². The molecule has 0 heterocycles. The molecule has 2 rings (SSSR count). The molecule has 3 N–H and O–H groups in total. The zero-order valence-electron chi connectivity index (χ0n) is 10.8. The Morgan fingerprint density at radius 3 is 2.60 bits per heavy atom. The molecule has 0 unspecified atom stereocenters. The number of hydrogen-bond acceptors (Lipinski definition) is 6. The van der Waals surface area contributed by atoms with Crippen LogP contribution in [0.5, 0.6) is 5.75 Å². The van der Waals surface area contributed by atoms with E-state index in [2.05, 4.69) is 4.72 Å². The van der Waals surface area contributed by atoms with E-state index in [0.717, 1.165) is 18.2 Å². The van der Waals surface area contributed by atoms with Crippen LogP contribution in [0.25, 0.3) is 0 Å². The van der Waals surface area contributed by atoms with Crippen molar-refractivity contribution in [1.29, 1.82) is 0 Å². The summed E-state index contributed by atoms with van der Waals surface area (Å²) >= 11 is 0. The molecule has 8 nitrogen and oxygen atoms in total. The van der Waals surface area contributed by atoms with E-state index >= 15 is 0 Å². The van der Waals surface area contributed by atoms with Crippen molar-refractivity contribution < 1.29 is 18.1 Å². The molecule has 0 amide bonds. The van der Waals surface area contributed by atoms with Gasteiger partial charge in [0.05, 0.1) is 18.1 Å². The Labute approximate surface area is 116 Å². The Balaban J connectivity index is 2.28. The molecule has 0 aliphatic heterocycles. The monoisotopic (exact) mass is 301 g/mol. The molecule has 0 bridgehead atoms. The van der Waals surface area contributed by atoms with Crippen molar-refractivity contribution in [2.45, 2.75) is 29.8 Å².